The number of ether oxygens (including phenoxy) is 1. The molecule has 0 aromatic heterocycles. The molecule has 0 saturated carbocycles. The minimum Gasteiger partial charge on any atom is -0.496 e. The summed E-state index contributed by atoms with van der Waals surface area (Å²) < 4.78 is 17.1. The number of nitrogens with two attached hydrogens (primary N) is 1. The first-order valence-electron chi connectivity index (χ1n) is 5.26. The molecule has 17 heavy (non-hydrogen) atoms. The van der Waals surface area contributed by atoms with Gasteiger partial charge in [0.1, 0.15) is 5.75 Å². The van der Waals surface area contributed by atoms with Gasteiger partial charge in [-0.3, -0.25) is 4.21 Å². The van der Waals surface area contributed by atoms with Crippen LogP contribution < -0.4 is 10.5 Å². The van der Waals surface area contributed by atoms with Gasteiger partial charge in [0.25, 0.3) is 0 Å². The molecule has 4 nitrogen and oxygen atoms in total. The van der Waals surface area contributed by atoms with Gasteiger partial charge in [-0.15, -0.1) is 0 Å². The van der Waals surface area contributed by atoms with Gasteiger partial charge in [-0.1, -0.05) is 0 Å². The van der Waals surface area contributed by atoms with E-state index in [1.54, 1.807) is 25.3 Å². The number of methoxy groups -OCH3 is 1. The maximum Gasteiger partial charge on any atom is 0.123 e. The van der Waals surface area contributed by atoms with Crippen LogP contribution in [0.1, 0.15) is 18.1 Å². The van der Waals surface area contributed by atoms with Crippen molar-refractivity contribution in [2.45, 2.75) is 17.9 Å². The summed E-state index contributed by atoms with van der Waals surface area (Å²) in [6.07, 6.45) is 0. The van der Waals surface area contributed by atoms with Gasteiger partial charge in [0.05, 0.1) is 24.5 Å². The molecular weight excluding hydrogens is 236 g/mol. The highest BCUT2D eigenvalue weighted by molar-refractivity contribution is 7.84. The monoisotopic (exact) mass is 252 g/mol. The highest BCUT2D eigenvalue weighted by Gasteiger charge is 2.13. The van der Waals surface area contributed by atoms with Crippen LogP contribution in [0.3, 0.4) is 0 Å². The van der Waals surface area contributed by atoms with Crippen molar-refractivity contribution in [2.75, 3.05) is 13.7 Å². The van der Waals surface area contributed by atoms with Crippen molar-refractivity contribution in [1.29, 1.82) is 5.26 Å². The van der Waals surface area contributed by atoms with Crippen LogP contribution in [0, 0.1) is 11.3 Å². The number of rotatable bonds is 5. The van der Waals surface area contributed by atoms with E-state index in [1.807, 2.05) is 6.92 Å². The molecule has 2 N–H and O–H groups in total. The van der Waals surface area contributed by atoms with Crippen LogP contribution in [-0.2, 0) is 16.6 Å². The van der Waals surface area contributed by atoms with Gasteiger partial charge in [-0.05, 0) is 25.1 Å². The van der Waals surface area contributed by atoms with E-state index in [9.17, 15) is 4.21 Å². The average Bonchev–Trinajstić information content (AvgIpc) is 2.37. The van der Waals surface area contributed by atoms with E-state index in [0.29, 0.717) is 23.6 Å². The van der Waals surface area contributed by atoms with Crippen LogP contribution >= 0.6 is 0 Å². The summed E-state index contributed by atoms with van der Waals surface area (Å²) in [4.78, 5) is 0. The topological polar surface area (TPSA) is 76.1 Å². The second-order valence-electron chi connectivity index (χ2n) is 3.71. The molecule has 5 heteroatoms. The van der Waals surface area contributed by atoms with Crippen LogP contribution in [0.25, 0.3) is 0 Å². The second kappa shape index (κ2) is 6.38. The van der Waals surface area contributed by atoms with Crippen LogP contribution in [0.15, 0.2) is 18.2 Å². The minimum absolute atomic E-state index is 0.0644. The Morgan fingerprint density at radius 3 is 2.82 bits per heavy atom. The average molecular weight is 252 g/mol. The van der Waals surface area contributed by atoms with Crippen molar-refractivity contribution >= 4 is 10.8 Å². The van der Waals surface area contributed by atoms with E-state index in [1.165, 1.54) is 0 Å². The third-order valence-corrected chi connectivity index (χ3v) is 4.17. The van der Waals surface area contributed by atoms with Crippen molar-refractivity contribution in [1.82, 2.24) is 0 Å². The summed E-state index contributed by atoms with van der Waals surface area (Å²) in [5, 5.41) is 8.76. The zero-order chi connectivity index (χ0) is 12.8. The van der Waals surface area contributed by atoms with E-state index in [4.69, 9.17) is 15.7 Å². The Bertz CT molecular complexity index is 454. The zero-order valence-electron chi connectivity index (χ0n) is 9.97. The summed E-state index contributed by atoms with van der Waals surface area (Å²) in [5.41, 5.74) is 6.80. The predicted octanol–water partition coefficient (Wildman–Crippen LogP) is 1.16. The lowest BCUT2D eigenvalue weighted by atomic mass is 10.1. The molecule has 0 radical (unpaired) electrons. The Morgan fingerprint density at radius 2 is 2.29 bits per heavy atom. The fourth-order valence-corrected chi connectivity index (χ4v) is 2.40. The summed E-state index contributed by atoms with van der Waals surface area (Å²) in [6.45, 7) is 2.23. The lowest BCUT2D eigenvalue weighted by Gasteiger charge is -2.11. The Balaban J connectivity index is 2.96. The van der Waals surface area contributed by atoms with Gasteiger partial charge in [0.15, 0.2) is 0 Å². The fourth-order valence-electron chi connectivity index (χ4n) is 1.36. The first-order valence-corrected chi connectivity index (χ1v) is 6.64. The smallest absolute Gasteiger partial charge is 0.123 e. The number of benzene rings is 1. The summed E-state index contributed by atoms with van der Waals surface area (Å²) in [5.74, 6) is 1.01. The van der Waals surface area contributed by atoms with Crippen LogP contribution in [-0.4, -0.2) is 23.1 Å². The Kier molecular flexibility index (Phi) is 5.13. The molecule has 0 aliphatic rings. The van der Waals surface area contributed by atoms with Crippen molar-refractivity contribution in [3.8, 4) is 11.8 Å². The Morgan fingerprint density at radius 1 is 1.59 bits per heavy atom. The van der Waals surface area contributed by atoms with Crippen LogP contribution in [0.2, 0.25) is 0 Å². The van der Waals surface area contributed by atoms with Gasteiger partial charge >= 0.3 is 0 Å². The molecular formula is C12H16N2O2S. The molecule has 1 aromatic rings. The Labute approximate surface area is 104 Å². The minimum atomic E-state index is -1.05. The van der Waals surface area contributed by atoms with E-state index >= 15 is 0 Å². The molecule has 0 amide bonds. The SMILES string of the molecule is COc1ccc(C#N)cc1CS(=O)C(C)CN. The molecule has 0 aliphatic carbocycles. The molecule has 1 rings (SSSR count). The van der Waals surface area contributed by atoms with Crippen molar-refractivity contribution in [3.63, 3.8) is 0 Å². The van der Waals surface area contributed by atoms with Crippen molar-refractivity contribution in [2.24, 2.45) is 5.73 Å². The molecule has 0 heterocycles. The second-order valence-corrected chi connectivity index (χ2v) is 5.56. The lowest BCUT2D eigenvalue weighted by Crippen LogP contribution is -2.22. The van der Waals surface area contributed by atoms with Gasteiger partial charge in [0.2, 0.25) is 0 Å². The number of nitrogens with zero attached hydrogens (tertiary/aromatic N) is 1. The Hall–Kier alpha value is -1.38. The van der Waals surface area contributed by atoms with Crippen LogP contribution in [0.5, 0.6) is 5.75 Å². The predicted molar refractivity (Wildman–Crippen MR) is 68.1 cm³/mol. The number of nitriles is 1. The highest BCUT2D eigenvalue weighted by Crippen LogP contribution is 2.22. The van der Waals surface area contributed by atoms with Crippen LogP contribution in [0.4, 0.5) is 0 Å². The normalized spacial score (nSPS) is 13.8. The summed E-state index contributed by atoms with van der Waals surface area (Å²) >= 11 is 0. The molecule has 0 bridgehead atoms. The van der Waals surface area contributed by atoms with Gasteiger partial charge in [-0.25, -0.2) is 0 Å². The van der Waals surface area contributed by atoms with Gasteiger partial charge in [0, 0.05) is 28.2 Å². The quantitative estimate of drug-likeness (QED) is 0.853. The van der Waals surface area contributed by atoms with Gasteiger partial charge in [-0.2, -0.15) is 5.26 Å². The molecule has 2 atom stereocenters. The summed E-state index contributed by atoms with van der Waals surface area (Å²) in [6, 6.07) is 7.16. The van der Waals surface area contributed by atoms with Crippen molar-refractivity contribution < 1.29 is 8.95 Å². The van der Waals surface area contributed by atoms with E-state index in [-0.39, 0.29) is 5.25 Å². The molecule has 92 valence electrons. The zero-order valence-corrected chi connectivity index (χ0v) is 10.8. The highest BCUT2D eigenvalue weighted by atomic mass is 32.2. The lowest BCUT2D eigenvalue weighted by molar-refractivity contribution is 0.411. The van der Waals surface area contributed by atoms with Gasteiger partial charge < -0.3 is 10.5 Å². The standard InChI is InChI=1S/C12H16N2O2S/c1-9(6-13)17(15)8-11-5-10(7-14)3-4-12(11)16-2/h3-5,9H,6,8,13H2,1-2H3. The molecule has 2 unspecified atom stereocenters. The van der Waals surface area contributed by atoms with E-state index in [0.717, 1.165) is 5.56 Å². The third kappa shape index (κ3) is 3.55. The first kappa shape index (κ1) is 13.7. The number of hydrogen-bond donors (Lipinski definition) is 1. The molecule has 0 spiro atoms. The third-order valence-electron chi connectivity index (χ3n) is 2.49. The molecule has 0 fully saturated rings. The molecule has 1 aromatic carbocycles. The first-order chi connectivity index (χ1) is 8.12. The molecule has 0 saturated heterocycles. The van der Waals surface area contributed by atoms with E-state index in [2.05, 4.69) is 6.07 Å². The fraction of sp³-hybridized carbons (Fsp3) is 0.417. The van der Waals surface area contributed by atoms with Crippen molar-refractivity contribution in [3.05, 3.63) is 29.3 Å². The molecule has 0 aliphatic heterocycles. The summed E-state index contributed by atoms with van der Waals surface area (Å²) in [7, 11) is 0.503. The maximum absolute atomic E-state index is 11.9. The largest absolute Gasteiger partial charge is 0.496 e. The maximum atomic E-state index is 11.9. The van der Waals surface area contributed by atoms with E-state index < -0.39 is 10.8 Å². The number of hydrogen-bond acceptors (Lipinski definition) is 4.